The second kappa shape index (κ2) is 10.1. The van der Waals surface area contributed by atoms with Crippen molar-refractivity contribution in [1.29, 1.82) is 0 Å². The summed E-state index contributed by atoms with van der Waals surface area (Å²) in [6.45, 7) is 11.9. The molecule has 8 heteroatoms. The number of aryl methyl sites for hydroxylation is 2. The minimum Gasteiger partial charge on any atom is -0.391 e. The Balaban J connectivity index is 1.71. The molecule has 1 aliphatic heterocycles. The lowest BCUT2D eigenvalue weighted by atomic mass is 9.98. The molecule has 3 N–H and O–H groups in total. The molecule has 0 radical (unpaired) electrons. The van der Waals surface area contributed by atoms with Crippen molar-refractivity contribution in [2.45, 2.75) is 78.2 Å². The van der Waals surface area contributed by atoms with Crippen LogP contribution < -0.4 is 10.6 Å². The minimum absolute atomic E-state index is 0.147. The van der Waals surface area contributed by atoms with Gasteiger partial charge in [-0.3, -0.25) is 9.59 Å². The predicted octanol–water partition coefficient (Wildman–Crippen LogP) is 2.95. The van der Waals surface area contributed by atoms with Crippen LogP contribution in [-0.4, -0.2) is 57.6 Å². The lowest BCUT2D eigenvalue weighted by molar-refractivity contribution is -0.140. The van der Waals surface area contributed by atoms with Crippen LogP contribution in [0, 0.1) is 13.8 Å². The first-order valence-electron chi connectivity index (χ1n) is 11.1. The molecule has 1 aromatic heterocycles. The highest BCUT2D eigenvalue weighted by Gasteiger charge is 2.40. The Bertz CT molecular complexity index is 974. The summed E-state index contributed by atoms with van der Waals surface area (Å²) in [5.74, 6) is -0.399. The van der Waals surface area contributed by atoms with Gasteiger partial charge in [0.15, 0.2) is 0 Å². The number of likely N-dealkylation sites (tertiary alicyclic amines) is 1. The van der Waals surface area contributed by atoms with Gasteiger partial charge in [0.05, 0.1) is 34.3 Å². The van der Waals surface area contributed by atoms with Gasteiger partial charge >= 0.3 is 0 Å². The number of hydrogen-bond donors (Lipinski definition) is 3. The average Bonchev–Trinajstić information content (AvgIpc) is 3.32. The molecule has 3 rings (SSSR count). The highest BCUT2D eigenvalue weighted by molar-refractivity contribution is 7.13. The zero-order valence-corrected chi connectivity index (χ0v) is 20.5. The van der Waals surface area contributed by atoms with Crippen LogP contribution in [0.1, 0.15) is 57.0 Å². The molecule has 0 saturated carbocycles. The molecule has 4 atom stereocenters. The number of carbonyl (C=O) groups excluding carboxylic acids is 2. The molecular formula is C24H34N4O3S. The molecule has 0 spiro atoms. The summed E-state index contributed by atoms with van der Waals surface area (Å²) >= 11 is 1.61. The number of amides is 2. The number of nitrogens with zero attached hydrogens (tertiary/aromatic N) is 2. The summed E-state index contributed by atoms with van der Waals surface area (Å²) in [6.07, 6.45) is -0.443. The lowest BCUT2D eigenvalue weighted by Crippen LogP contribution is -2.52. The van der Waals surface area contributed by atoms with E-state index >= 15 is 0 Å². The van der Waals surface area contributed by atoms with Crippen molar-refractivity contribution in [2.75, 3.05) is 6.54 Å². The van der Waals surface area contributed by atoms with E-state index in [0.717, 1.165) is 27.3 Å². The number of rotatable bonds is 7. The molecule has 0 aliphatic carbocycles. The van der Waals surface area contributed by atoms with E-state index in [0.29, 0.717) is 0 Å². The third-order valence-corrected chi connectivity index (χ3v) is 6.90. The number of β-amino-alcohol motifs (C(OH)–C–C–N with tert-alkyl or cyclic N) is 1. The molecule has 2 heterocycles. The van der Waals surface area contributed by atoms with Gasteiger partial charge in [0.1, 0.15) is 6.04 Å². The largest absolute Gasteiger partial charge is 0.391 e. The molecule has 0 bridgehead atoms. The van der Waals surface area contributed by atoms with Crippen LogP contribution in [0.15, 0.2) is 23.7 Å². The zero-order valence-electron chi connectivity index (χ0n) is 19.7. The fourth-order valence-corrected chi connectivity index (χ4v) is 5.20. The molecule has 7 nitrogen and oxygen atoms in total. The maximum atomic E-state index is 13.1. The van der Waals surface area contributed by atoms with Gasteiger partial charge in [-0.05, 0) is 44.4 Å². The maximum absolute atomic E-state index is 13.1. The molecule has 1 aliphatic rings. The lowest BCUT2D eigenvalue weighted by Gasteiger charge is -2.29. The van der Waals surface area contributed by atoms with Gasteiger partial charge in [-0.2, -0.15) is 0 Å². The maximum Gasteiger partial charge on any atom is 0.243 e. The van der Waals surface area contributed by atoms with Gasteiger partial charge in [0.2, 0.25) is 11.8 Å². The summed E-state index contributed by atoms with van der Waals surface area (Å²) in [5.41, 5.74) is 6.08. The summed E-state index contributed by atoms with van der Waals surface area (Å²) < 4.78 is 0. The highest BCUT2D eigenvalue weighted by Crippen LogP contribution is 2.30. The number of carbonyl (C=O) groups is 2. The molecule has 2 aromatic rings. The Morgan fingerprint density at radius 1 is 1.22 bits per heavy atom. The van der Waals surface area contributed by atoms with E-state index in [1.807, 2.05) is 46.2 Å². The number of benzene rings is 1. The van der Waals surface area contributed by atoms with Crippen LogP contribution in [0.3, 0.4) is 0 Å². The molecule has 1 saturated heterocycles. The van der Waals surface area contributed by atoms with Gasteiger partial charge in [-0.1, -0.05) is 32.0 Å². The Labute approximate surface area is 194 Å². The third-order valence-electron chi connectivity index (χ3n) is 5.92. The van der Waals surface area contributed by atoms with E-state index in [4.69, 9.17) is 0 Å². The number of hydrogen-bond acceptors (Lipinski definition) is 6. The first-order chi connectivity index (χ1) is 15.1. The van der Waals surface area contributed by atoms with Crippen molar-refractivity contribution in [1.82, 2.24) is 20.5 Å². The van der Waals surface area contributed by atoms with Gasteiger partial charge in [-0.15, -0.1) is 11.3 Å². The number of aliphatic hydroxyl groups is 1. The second-order valence-corrected chi connectivity index (χ2v) is 9.86. The van der Waals surface area contributed by atoms with Crippen LogP contribution in [0.4, 0.5) is 0 Å². The van der Waals surface area contributed by atoms with Crippen LogP contribution in [0.2, 0.25) is 0 Å². The highest BCUT2D eigenvalue weighted by atomic mass is 32.1. The average molecular weight is 459 g/mol. The van der Waals surface area contributed by atoms with Crippen molar-refractivity contribution in [3.05, 3.63) is 40.5 Å². The Morgan fingerprint density at radius 3 is 2.53 bits per heavy atom. The monoisotopic (exact) mass is 458 g/mol. The topological polar surface area (TPSA) is 94.6 Å². The summed E-state index contributed by atoms with van der Waals surface area (Å²) in [5, 5.41) is 16.4. The van der Waals surface area contributed by atoms with Crippen LogP contribution >= 0.6 is 11.3 Å². The Morgan fingerprint density at radius 2 is 1.94 bits per heavy atom. The van der Waals surface area contributed by atoms with E-state index in [9.17, 15) is 14.7 Å². The first-order valence-corrected chi connectivity index (χ1v) is 12.0. The van der Waals surface area contributed by atoms with Gasteiger partial charge in [-0.25, -0.2) is 4.98 Å². The molecule has 32 heavy (non-hydrogen) atoms. The first kappa shape index (κ1) is 24.4. The van der Waals surface area contributed by atoms with Crippen molar-refractivity contribution in [3.8, 4) is 10.4 Å². The smallest absolute Gasteiger partial charge is 0.243 e. The minimum atomic E-state index is -0.695. The standard InChI is InChI=1S/C24H34N4O3S/c1-13(2)26-17(6)24(31)28-11-19(29)10-21(28)23(30)27-15(4)20-8-7-18(9-14(20)3)22-16(5)25-12-32-22/h7-9,12-13,15,17,19,21,26,29H,10-11H2,1-6H3,(H,27,30)/t15?,17-,19+,21-/m0/s1. The molecule has 1 fully saturated rings. The quantitative estimate of drug-likeness (QED) is 0.593. The van der Waals surface area contributed by atoms with Crippen molar-refractivity contribution >= 4 is 23.2 Å². The van der Waals surface area contributed by atoms with Crippen LogP contribution in [-0.2, 0) is 9.59 Å². The van der Waals surface area contributed by atoms with E-state index in [1.54, 1.807) is 18.3 Å². The summed E-state index contributed by atoms with van der Waals surface area (Å²) in [4.78, 5) is 33.0. The molecular weight excluding hydrogens is 424 g/mol. The summed E-state index contributed by atoms with van der Waals surface area (Å²) in [6, 6.07) is 5.05. The van der Waals surface area contributed by atoms with Crippen molar-refractivity contribution in [3.63, 3.8) is 0 Å². The Kier molecular flexibility index (Phi) is 7.69. The fourth-order valence-electron chi connectivity index (χ4n) is 4.40. The van der Waals surface area contributed by atoms with Crippen LogP contribution in [0.5, 0.6) is 0 Å². The molecule has 174 valence electrons. The molecule has 1 aromatic carbocycles. The zero-order chi connectivity index (χ0) is 23.6. The molecule has 2 amide bonds. The number of nitrogens with one attached hydrogen (secondary N) is 2. The predicted molar refractivity (Wildman–Crippen MR) is 127 cm³/mol. The SMILES string of the molecule is Cc1cc(-c2scnc2C)ccc1C(C)NC(=O)[C@@H]1C[C@@H](O)CN1C(=O)[C@H](C)NC(C)C. The molecule has 1 unspecified atom stereocenters. The van der Waals surface area contributed by atoms with E-state index in [2.05, 4.69) is 27.8 Å². The Hall–Kier alpha value is -2.29. The van der Waals surface area contributed by atoms with Crippen molar-refractivity contribution < 1.29 is 14.7 Å². The number of aliphatic hydroxyl groups excluding tert-OH is 1. The third kappa shape index (κ3) is 5.36. The second-order valence-electron chi connectivity index (χ2n) is 9.01. The van der Waals surface area contributed by atoms with E-state index in [1.165, 1.54) is 4.90 Å². The van der Waals surface area contributed by atoms with Crippen LogP contribution in [0.25, 0.3) is 10.4 Å². The van der Waals surface area contributed by atoms with E-state index < -0.39 is 18.2 Å². The van der Waals surface area contributed by atoms with E-state index in [-0.39, 0.29) is 36.9 Å². The van der Waals surface area contributed by atoms with Gasteiger partial charge in [0.25, 0.3) is 0 Å². The number of aromatic nitrogens is 1. The number of thiazole rings is 1. The van der Waals surface area contributed by atoms with Gasteiger partial charge < -0.3 is 20.6 Å². The van der Waals surface area contributed by atoms with Gasteiger partial charge in [0, 0.05) is 19.0 Å². The summed E-state index contributed by atoms with van der Waals surface area (Å²) in [7, 11) is 0. The fraction of sp³-hybridized carbons (Fsp3) is 0.542. The normalized spacial score (nSPS) is 20.4. The van der Waals surface area contributed by atoms with Crippen molar-refractivity contribution in [2.24, 2.45) is 0 Å².